The zero-order chi connectivity index (χ0) is 29.6. The highest BCUT2D eigenvalue weighted by Gasteiger charge is 2.27. The summed E-state index contributed by atoms with van der Waals surface area (Å²) >= 11 is 1.50. The molecule has 0 radical (unpaired) electrons. The molecule has 1 aromatic heterocycles. The highest BCUT2D eigenvalue weighted by Crippen LogP contribution is 2.27. The highest BCUT2D eigenvalue weighted by atomic mass is 32.2. The molecule has 0 fully saturated rings. The number of carbonyl (C=O) groups excluding carboxylic acids is 1. The van der Waals surface area contributed by atoms with Crippen LogP contribution in [0, 0.1) is 19.7 Å². The number of nitrogens with one attached hydrogen (secondary N) is 1. The first kappa shape index (κ1) is 29.9. The summed E-state index contributed by atoms with van der Waals surface area (Å²) < 4.78 is 50.0. The van der Waals surface area contributed by atoms with Gasteiger partial charge in [0.2, 0.25) is 0 Å². The van der Waals surface area contributed by atoms with E-state index in [2.05, 4.69) is 10.5 Å². The van der Waals surface area contributed by atoms with E-state index in [0.29, 0.717) is 29.3 Å². The van der Waals surface area contributed by atoms with Crippen LogP contribution in [-0.2, 0) is 14.8 Å². The normalized spacial score (nSPS) is 11.5. The lowest BCUT2D eigenvalue weighted by molar-refractivity contribution is -0.119. The summed E-state index contributed by atoms with van der Waals surface area (Å²) in [5.41, 5.74) is 5.34. The molecule has 0 spiro atoms. The number of ether oxygens (including phenoxy) is 1. The van der Waals surface area contributed by atoms with Gasteiger partial charge in [0.25, 0.3) is 15.9 Å². The quantitative estimate of drug-likeness (QED) is 0.137. The van der Waals surface area contributed by atoms with Crippen LogP contribution < -0.4 is 14.5 Å². The predicted molar refractivity (Wildman–Crippen MR) is 161 cm³/mol. The van der Waals surface area contributed by atoms with Crippen LogP contribution in [-0.4, -0.2) is 44.5 Å². The number of benzene rings is 3. The minimum atomic E-state index is -4.09. The van der Waals surface area contributed by atoms with E-state index in [-0.39, 0.29) is 10.7 Å². The van der Waals surface area contributed by atoms with Crippen molar-refractivity contribution in [2.75, 3.05) is 23.7 Å². The Morgan fingerprint density at radius 2 is 1.76 bits per heavy atom. The number of amides is 1. The van der Waals surface area contributed by atoms with Gasteiger partial charge < -0.3 is 9.30 Å². The van der Waals surface area contributed by atoms with Crippen LogP contribution in [0.2, 0.25) is 0 Å². The molecule has 11 heteroatoms. The van der Waals surface area contributed by atoms with E-state index >= 15 is 0 Å². The number of carbonyl (C=O) groups is 1. The van der Waals surface area contributed by atoms with E-state index in [1.54, 1.807) is 59.2 Å². The Kier molecular flexibility index (Phi) is 9.51. The van der Waals surface area contributed by atoms with Gasteiger partial charge >= 0.3 is 0 Å². The fraction of sp³-hybridized carbons (Fsp3) is 0.200. The number of aryl methyl sites for hydroxylation is 1. The molecule has 1 heterocycles. The second-order valence-electron chi connectivity index (χ2n) is 9.02. The van der Waals surface area contributed by atoms with E-state index in [1.165, 1.54) is 36.2 Å². The summed E-state index contributed by atoms with van der Waals surface area (Å²) in [4.78, 5) is 13.9. The van der Waals surface area contributed by atoms with Gasteiger partial charge in [-0.15, -0.1) is 11.8 Å². The topological polar surface area (TPSA) is 93.0 Å². The van der Waals surface area contributed by atoms with Gasteiger partial charge in [-0.2, -0.15) is 5.10 Å². The Labute approximate surface area is 243 Å². The third-order valence-electron chi connectivity index (χ3n) is 6.33. The van der Waals surface area contributed by atoms with E-state index < -0.39 is 22.5 Å². The van der Waals surface area contributed by atoms with Crippen molar-refractivity contribution in [3.8, 4) is 11.4 Å². The van der Waals surface area contributed by atoms with Gasteiger partial charge in [-0.1, -0.05) is 12.1 Å². The van der Waals surface area contributed by atoms with Crippen LogP contribution in [0.4, 0.5) is 10.1 Å². The lowest BCUT2D eigenvalue weighted by atomic mass is 10.2. The number of anilines is 1. The third-order valence-corrected chi connectivity index (χ3v) is 8.86. The molecule has 4 aromatic rings. The summed E-state index contributed by atoms with van der Waals surface area (Å²) in [5, 5.41) is 4.06. The van der Waals surface area contributed by atoms with Crippen LogP contribution in [0.5, 0.6) is 5.75 Å². The maximum atomic E-state index is 14.4. The molecule has 0 aliphatic carbocycles. The van der Waals surface area contributed by atoms with Crippen molar-refractivity contribution in [1.82, 2.24) is 9.99 Å². The minimum absolute atomic E-state index is 0.0565. The van der Waals surface area contributed by atoms with Crippen LogP contribution in [0.25, 0.3) is 5.69 Å². The molecule has 0 saturated carbocycles. The Balaban J connectivity index is 1.56. The lowest BCUT2D eigenvalue weighted by Gasteiger charge is -2.24. The Morgan fingerprint density at radius 3 is 2.39 bits per heavy atom. The Bertz CT molecular complexity index is 1650. The van der Waals surface area contributed by atoms with Gasteiger partial charge in [0.1, 0.15) is 18.1 Å². The SMILES string of the molecule is CCOc1ccc(N(CC(=O)N/N=C/c2cc(C)n(-c3ccccc3F)c2C)S(=O)(=O)c2ccc(SC)cc2)cc1. The largest absolute Gasteiger partial charge is 0.494 e. The zero-order valence-corrected chi connectivity index (χ0v) is 24.8. The fourth-order valence-electron chi connectivity index (χ4n) is 4.33. The first-order valence-electron chi connectivity index (χ1n) is 12.8. The number of sulfonamides is 1. The number of halogens is 1. The second-order valence-corrected chi connectivity index (χ2v) is 11.8. The van der Waals surface area contributed by atoms with E-state index in [9.17, 15) is 17.6 Å². The smallest absolute Gasteiger partial charge is 0.264 e. The van der Waals surface area contributed by atoms with Crippen molar-refractivity contribution in [3.05, 3.63) is 102 Å². The summed E-state index contributed by atoms with van der Waals surface area (Å²) in [6.07, 6.45) is 3.35. The van der Waals surface area contributed by atoms with Gasteiger partial charge in [-0.3, -0.25) is 9.10 Å². The monoisotopic (exact) mass is 594 g/mol. The van der Waals surface area contributed by atoms with Gasteiger partial charge in [0.15, 0.2) is 0 Å². The van der Waals surface area contributed by atoms with Crippen molar-refractivity contribution in [2.45, 2.75) is 30.6 Å². The number of hydrazone groups is 1. The van der Waals surface area contributed by atoms with E-state index in [1.807, 2.05) is 33.1 Å². The standard InChI is InChI=1S/C30H31FN4O4S2/c1-5-39-25-12-10-24(11-13-25)34(41(37,38)27-16-14-26(40-4)15-17-27)20-30(36)33-32-19-23-18-21(2)35(22(23)3)29-9-7-6-8-28(29)31/h6-19H,5,20H2,1-4H3,(H,33,36)/b32-19+. The number of aromatic nitrogens is 1. The number of rotatable bonds is 11. The van der Waals surface area contributed by atoms with Gasteiger partial charge in [-0.05, 0) is 93.8 Å². The molecule has 0 unspecified atom stereocenters. The lowest BCUT2D eigenvalue weighted by Crippen LogP contribution is -2.39. The van der Waals surface area contributed by atoms with Crippen molar-refractivity contribution < 1.29 is 22.3 Å². The molecule has 1 amide bonds. The number of para-hydroxylation sites is 1. The predicted octanol–water partition coefficient (Wildman–Crippen LogP) is 5.70. The minimum Gasteiger partial charge on any atom is -0.494 e. The molecule has 0 bridgehead atoms. The third kappa shape index (κ3) is 6.80. The Morgan fingerprint density at radius 1 is 1.07 bits per heavy atom. The number of thioether (sulfide) groups is 1. The number of hydrogen-bond donors (Lipinski definition) is 1. The summed E-state index contributed by atoms with van der Waals surface area (Å²) in [7, 11) is -4.09. The highest BCUT2D eigenvalue weighted by molar-refractivity contribution is 7.98. The summed E-state index contributed by atoms with van der Waals surface area (Å²) in [5.74, 6) is -0.410. The average molecular weight is 595 g/mol. The van der Waals surface area contributed by atoms with Crippen LogP contribution in [0.1, 0.15) is 23.9 Å². The molecular formula is C30H31FN4O4S2. The molecule has 1 N–H and O–H groups in total. The van der Waals surface area contributed by atoms with Gasteiger partial charge in [0, 0.05) is 21.8 Å². The van der Waals surface area contributed by atoms with Crippen molar-refractivity contribution >= 4 is 39.6 Å². The molecule has 214 valence electrons. The van der Waals surface area contributed by atoms with Crippen LogP contribution >= 0.6 is 11.8 Å². The summed E-state index contributed by atoms with van der Waals surface area (Å²) in [6, 6.07) is 21.2. The first-order chi connectivity index (χ1) is 19.6. The zero-order valence-electron chi connectivity index (χ0n) is 23.2. The summed E-state index contributed by atoms with van der Waals surface area (Å²) in [6.45, 7) is 5.48. The van der Waals surface area contributed by atoms with Crippen molar-refractivity contribution in [3.63, 3.8) is 0 Å². The first-order valence-corrected chi connectivity index (χ1v) is 15.5. The molecular weight excluding hydrogens is 563 g/mol. The van der Waals surface area contributed by atoms with E-state index in [0.717, 1.165) is 20.6 Å². The molecule has 8 nitrogen and oxygen atoms in total. The average Bonchev–Trinajstić information content (AvgIpc) is 3.25. The Hall–Kier alpha value is -4.09. The second kappa shape index (κ2) is 13.0. The molecule has 0 atom stereocenters. The molecule has 0 aliphatic heterocycles. The van der Waals surface area contributed by atoms with Crippen LogP contribution in [0.3, 0.4) is 0 Å². The van der Waals surface area contributed by atoms with Crippen molar-refractivity contribution in [1.29, 1.82) is 0 Å². The van der Waals surface area contributed by atoms with Crippen LogP contribution in [0.15, 0.2) is 93.8 Å². The van der Waals surface area contributed by atoms with Gasteiger partial charge in [0.05, 0.1) is 29.1 Å². The number of nitrogens with zero attached hydrogens (tertiary/aromatic N) is 3. The van der Waals surface area contributed by atoms with Crippen molar-refractivity contribution in [2.24, 2.45) is 5.10 Å². The molecule has 41 heavy (non-hydrogen) atoms. The maximum Gasteiger partial charge on any atom is 0.264 e. The molecule has 4 rings (SSSR count). The maximum absolute atomic E-state index is 14.4. The molecule has 0 saturated heterocycles. The molecule has 0 aliphatic rings. The fourth-order valence-corrected chi connectivity index (χ4v) is 6.16. The van der Waals surface area contributed by atoms with Gasteiger partial charge in [-0.25, -0.2) is 18.2 Å². The molecule has 3 aromatic carbocycles. The number of hydrogen-bond acceptors (Lipinski definition) is 6. The van der Waals surface area contributed by atoms with E-state index in [4.69, 9.17) is 4.74 Å².